The van der Waals surface area contributed by atoms with Gasteiger partial charge in [-0.25, -0.2) is 0 Å². The van der Waals surface area contributed by atoms with Crippen LogP contribution in [0.5, 0.6) is 0 Å². The van der Waals surface area contributed by atoms with Gasteiger partial charge in [0.2, 0.25) is 11.8 Å². The van der Waals surface area contributed by atoms with E-state index in [-0.39, 0.29) is 11.8 Å². The van der Waals surface area contributed by atoms with Crippen LogP contribution >= 0.6 is 0 Å². The van der Waals surface area contributed by atoms with Crippen LogP contribution in [0.15, 0.2) is 0 Å². The van der Waals surface area contributed by atoms with Gasteiger partial charge in [-0.2, -0.15) is 5.26 Å². The summed E-state index contributed by atoms with van der Waals surface area (Å²) in [4.78, 5) is 28.0. The zero-order chi connectivity index (χ0) is 15.3. The quantitative estimate of drug-likeness (QED) is 0.693. The van der Waals surface area contributed by atoms with Crippen molar-refractivity contribution >= 4 is 11.8 Å². The molecule has 2 aliphatic rings. The molecule has 2 rings (SSSR count). The lowest BCUT2D eigenvalue weighted by Crippen LogP contribution is -2.45. The molecule has 1 saturated heterocycles. The number of hydrogen-bond donors (Lipinski definition) is 0. The fraction of sp³-hybridized carbons (Fsp3) is 0.812. The van der Waals surface area contributed by atoms with Gasteiger partial charge in [-0.05, 0) is 19.3 Å². The minimum Gasteiger partial charge on any atom is -0.341 e. The van der Waals surface area contributed by atoms with E-state index in [1.807, 2.05) is 4.90 Å². The Morgan fingerprint density at radius 3 is 2.05 bits per heavy atom. The summed E-state index contributed by atoms with van der Waals surface area (Å²) in [5, 5.41) is 9.62. The van der Waals surface area contributed by atoms with Crippen LogP contribution in [-0.2, 0) is 9.59 Å². The summed E-state index contributed by atoms with van der Waals surface area (Å²) in [5.74, 6) is 0.0612. The maximum atomic E-state index is 12.9. The van der Waals surface area contributed by atoms with Gasteiger partial charge >= 0.3 is 0 Å². The largest absolute Gasteiger partial charge is 0.341 e. The van der Waals surface area contributed by atoms with Crippen LogP contribution in [-0.4, -0.2) is 47.8 Å². The molecule has 5 heteroatoms. The van der Waals surface area contributed by atoms with Gasteiger partial charge in [-0.1, -0.05) is 25.7 Å². The molecule has 0 radical (unpaired) electrons. The van der Waals surface area contributed by atoms with Crippen LogP contribution in [0.3, 0.4) is 0 Å². The van der Waals surface area contributed by atoms with Crippen LogP contribution < -0.4 is 0 Å². The molecular formula is C16H25N3O2. The third-order valence-corrected chi connectivity index (χ3v) is 4.81. The molecule has 1 aliphatic heterocycles. The maximum absolute atomic E-state index is 12.9. The number of hydrogen-bond acceptors (Lipinski definition) is 3. The summed E-state index contributed by atoms with van der Waals surface area (Å²) in [6.45, 7) is 4.08. The van der Waals surface area contributed by atoms with E-state index in [1.165, 1.54) is 0 Å². The van der Waals surface area contributed by atoms with Crippen molar-refractivity contribution in [1.29, 1.82) is 5.26 Å². The van der Waals surface area contributed by atoms with E-state index in [4.69, 9.17) is 0 Å². The molecule has 0 aromatic rings. The van der Waals surface area contributed by atoms with Gasteiger partial charge in [0.05, 0.1) is 6.07 Å². The number of carbonyl (C=O) groups is 2. The lowest BCUT2D eigenvalue weighted by atomic mass is 9.80. The van der Waals surface area contributed by atoms with Crippen molar-refractivity contribution in [2.24, 2.45) is 5.41 Å². The molecule has 1 heterocycles. The van der Waals surface area contributed by atoms with E-state index >= 15 is 0 Å². The van der Waals surface area contributed by atoms with E-state index in [0.717, 1.165) is 32.1 Å². The number of rotatable bonds is 1. The topological polar surface area (TPSA) is 64.4 Å². The standard InChI is InChI=1S/C16H25N3O2/c1-14(20)18-9-6-10-19(12-11-18)15(21)16(13-17)7-4-2-3-5-8-16/h2-12H2,1H3. The average molecular weight is 291 g/mol. The molecular weight excluding hydrogens is 266 g/mol. The monoisotopic (exact) mass is 291 g/mol. The van der Waals surface area contributed by atoms with Crippen molar-refractivity contribution in [2.75, 3.05) is 26.2 Å². The van der Waals surface area contributed by atoms with Gasteiger partial charge in [0, 0.05) is 33.1 Å². The molecule has 0 aromatic heterocycles. The first kappa shape index (κ1) is 15.8. The zero-order valence-corrected chi connectivity index (χ0v) is 12.9. The Balaban J connectivity index is 2.07. The Bertz CT molecular complexity index is 433. The SMILES string of the molecule is CC(=O)N1CCCN(C(=O)C2(C#N)CCCCCC2)CC1. The number of amides is 2. The van der Waals surface area contributed by atoms with E-state index in [2.05, 4.69) is 6.07 Å². The summed E-state index contributed by atoms with van der Waals surface area (Å²) in [5.41, 5.74) is -0.818. The van der Waals surface area contributed by atoms with Crippen molar-refractivity contribution in [1.82, 2.24) is 9.80 Å². The third-order valence-electron chi connectivity index (χ3n) is 4.81. The van der Waals surface area contributed by atoms with Crippen LogP contribution in [0.25, 0.3) is 0 Å². The molecule has 1 saturated carbocycles. The Kier molecular flexibility index (Phi) is 5.22. The summed E-state index contributed by atoms with van der Waals surface area (Å²) >= 11 is 0. The minimum absolute atomic E-state index is 0.00250. The van der Waals surface area contributed by atoms with Crippen molar-refractivity contribution in [3.8, 4) is 6.07 Å². The molecule has 0 spiro atoms. The fourth-order valence-electron chi connectivity index (χ4n) is 3.44. The van der Waals surface area contributed by atoms with Crippen LogP contribution in [0, 0.1) is 16.7 Å². The molecule has 1 aliphatic carbocycles. The maximum Gasteiger partial charge on any atom is 0.243 e. The molecule has 2 amide bonds. The predicted molar refractivity (Wildman–Crippen MR) is 79.2 cm³/mol. The zero-order valence-electron chi connectivity index (χ0n) is 12.9. The second-order valence-corrected chi connectivity index (χ2v) is 6.26. The normalized spacial score (nSPS) is 22.9. The van der Waals surface area contributed by atoms with Crippen molar-refractivity contribution < 1.29 is 9.59 Å². The van der Waals surface area contributed by atoms with Gasteiger partial charge in [0.15, 0.2) is 0 Å². The molecule has 21 heavy (non-hydrogen) atoms. The Hall–Kier alpha value is -1.57. The minimum atomic E-state index is -0.818. The van der Waals surface area contributed by atoms with Crippen molar-refractivity contribution in [3.05, 3.63) is 0 Å². The molecule has 116 valence electrons. The first-order valence-electron chi connectivity index (χ1n) is 8.05. The summed E-state index contributed by atoms with van der Waals surface area (Å²) in [6, 6.07) is 2.34. The fourth-order valence-corrected chi connectivity index (χ4v) is 3.44. The van der Waals surface area contributed by atoms with Crippen LogP contribution in [0.1, 0.15) is 51.9 Å². The highest BCUT2D eigenvalue weighted by atomic mass is 16.2. The number of nitrogens with zero attached hydrogens (tertiary/aromatic N) is 3. The first-order valence-corrected chi connectivity index (χ1v) is 8.05. The molecule has 0 aromatic carbocycles. The van der Waals surface area contributed by atoms with Gasteiger partial charge in [-0.15, -0.1) is 0 Å². The Morgan fingerprint density at radius 1 is 0.905 bits per heavy atom. The third kappa shape index (κ3) is 3.55. The van der Waals surface area contributed by atoms with E-state index in [1.54, 1.807) is 11.8 Å². The molecule has 2 fully saturated rings. The highest BCUT2D eigenvalue weighted by molar-refractivity contribution is 5.85. The van der Waals surface area contributed by atoms with Crippen molar-refractivity contribution in [3.63, 3.8) is 0 Å². The summed E-state index contributed by atoms with van der Waals surface area (Å²) in [6.07, 6.45) is 6.35. The predicted octanol–water partition coefficient (Wildman–Crippen LogP) is 1.93. The van der Waals surface area contributed by atoms with Gasteiger partial charge in [0.1, 0.15) is 5.41 Å². The van der Waals surface area contributed by atoms with Gasteiger partial charge < -0.3 is 9.80 Å². The average Bonchev–Trinajstić information content (AvgIpc) is 2.87. The Labute approximate surface area is 126 Å². The Morgan fingerprint density at radius 2 is 1.48 bits per heavy atom. The van der Waals surface area contributed by atoms with Crippen molar-refractivity contribution in [2.45, 2.75) is 51.9 Å². The molecule has 0 atom stereocenters. The van der Waals surface area contributed by atoms with Gasteiger partial charge in [-0.3, -0.25) is 9.59 Å². The molecule has 0 bridgehead atoms. The van der Waals surface area contributed by atoms with Crippen LogP contribution in [0.2, 0.25) is 0 Å². The molecule has 0 N–H and O–H groups in total. The summed E-state index contributed by atoms with van der Waals surface area (Å²) in [7, 11) is 0. The second-order valence-electron chi connectivity index (χ2n) is 6.26. The first-order chi connectivity index (χ1) is 10.1. The molecule has 0 unspecified atom stereocenters. The highest BCUT2D eigenvalue weighted by Crippen LogP contribution is 2.36. The smallest absolute Gasteiger partial charge is 0.243 e. The summed E-state index contributed by atoms with van der Waals surface area (Å²) < 4.78 is 0. The van der Waals surface area contributed by atoms with Gasteiger partial charge in [0.25, 0.3) is 0 Å². The lowest BCUT2D eigenvalue weighted by Gasteiger charge is -2.31. The van der Waals surface area contributed by atoms with E-state index in [0.29, 0.717) is 39.0 Å². The van der Waals surface area contributed by atoms with E-state index < -0.39 is 5.41 Å². The molecule has 5 nitrogen and oxygen atoms in total. The number of carbonyl (C=O) groups excluding carboxylic acids is 2. The van der Waals surface area contributed by atoms with E-state index in [9.17, 15) is 14.9 Å². The number of nitriles is 1. The lowest BCUT2D eigenvalue weighted by molar-refractivity contribution is -0.140. The second kappa shape index (κ2) is 6.93. The highest BCUT2D eigenvalue weighted by Gasteiger charge is 2.41. The van der Waals surface area contributed by atoms with Crippen LogP contribution in [0.4, 0.5) is 0 Å².